The van der Waals surface area contributed by atoms with Crippen molar-refractivity contribution in [1.29, 1.82) is 0 Å². The van der Waals surface area contributed by atoms with E-state index in [0.29, 0.717) is 6.54 Å². The van der Waals surface area contributed by atoms with E-state index in [9.17, 15) is 4.79 Å². The molecular formula is C20H30N8O. The predicted octanol–water partition coefficient (Wildman–Crippen LogP) is 0.564. The van der Waals surface area contributed by atoms with Crippen LogP contribution >= 0.6 is 0 Å². The molecule has 156 valence electrons. The second kappa shape index (κ2) is 9.11. The molecule has 2 aromatic rings. The van der Waals surface area contributed by atoms with Crippen molar-refractivity contribution in [3.8, 4) is 0 Å². The standard InChI is InChI=1S/C20H30N8O/c1-21-19(26-15-13-25(14-16-26)17-7-2-4-9-22-17)23-10-6-12-28-20(29)27-11-5-3-8-18(27)24-28/h2,4,7,9H,3,5-6,8,10-16H2,1H3,(H,21,23). The maximum absolute atomic E-state index is 12.4. The number of aromatic nitrogens is 4. The minimum atomic E-state index is 0.0368. The molecule has 0 bridgehead atoms. The van der Waals surface area contributed by atoms with Gasteiger partial charge in [0, 0.05) is 65.5 Å². The maximum atomic E-state index is 12.4. The van der Waals surface area contributed by atoms with Crippen molar-refractivity contribution in [3.05, 3.63) is 40.7 Å². The van der Waals surface area contributed by atoms with Crippen molar-refractivity contribution in [2.45, 2.75) is 38.8 Å². The number of anilines is 1. The molecule has 2 aliphatic heterocycles. The number of pyridine rings is 1. The minimum absolute atomic E-state index is 0.0368. The van der Waals surface area contributed by atoms with Crippen LogP contribution in [-0.2, 0) is 19.5 Å². The van der Waals surface area contributed by atoms with E-state index in [1.165, 1.54) is 0 Å². The fourth-order valence-corrected chi connectivity index (χ4v) is 4.04. The molecule has 0 saturated carbocycles. The number of guanidine groups is 1. The number of aryl methyl sites for hydroxylation is 2. The van der Waals surface area contributed by atoms with E-state index in [1.54, 1.807) is 4.68 Å². The highest BCUT2D eigenvalue weighted by molar-refractivity contribution is 5.80. The monoisotopic (exact) mass is 398 g/mol. The third kappa shape index (κ3) is 4.44. The van der Waals surface area contributed by atoms with E-state index >= 15 is 0 Å². The Hall–Kier alpha value is -2.84. The number of piperazine rings is 1. The van der Waals surface area contributed by atoms with Gasteiger partial charge in [0.1, 0.15) is 11.6 Å². The highest BCUT2D eigenvalue weighted by Crippen LogP contribution is 2.12. The fraction of sp³-hybridized carbons (Fsp3) is 0.600. The van der Waals surface area contributed by atoms with Gasteiger partial charge in [0.25, 0.3) is 0 Å². The van der Waals surface area contributed by atoms with Crippen molar-refractivity contribution < 1.29 is 0 Å². The number of hydrogen-bond donors (Lipinski definition) is 1. The number of nitrogens with zero attached hydrogens (tertiary/aromatic N) is 7. The lowest BCUT2D eigenvalue weighted by molar-refractivity contribution is 0.370. The van der Waals surface area contributed by atoms with Gasteiger partial charge in [-0.05, 0) is 31.4 Å². The Morgan fingerprint density at radius 3 is 2.76 bits per heavy atom. The smallest absolute Gasteiger partial charge is 0.345 e. The van der Waals surface area contributed by atoms with Gasteiger partial charge in [-0.1, -0.05) is 6.07 Å². The van der Waals surface area contributed by atoms with Crippen molar-refractivity contribution in [1.82, 2.24) is 29.5 Å². The number of rotatable bonds is 5. The number of aliphatic imine (C=N–C) groups is 1. The first-order chi connectivity index (χ1) is 14.3. The quantitative estimate of drug-likeness (QED) is 0.450. The van der Waals surface area contributed by atoms with Gasteiger partial charge in [0.05, 0.1) is 0 Å². The molecule has 2 aromatic heterocycles. The van der Waals surface area contributed by atoms with Crippen LogP contribution in [-0.4, -0.2) is 70.0 Å². The zero-order chi connectivity index (χ0) is 20.1. The van der Waals surface area contributed by atoms with E-state index in [0.717, 1.165) is 82.6 Å². The average molecular weight is 399 g/mol. The highest BCUT2D eigenvalue weighted by Gasteiger charge is 2.20. The van der Waals surface area contributed by atoms with Crippen LogP contribution in [0, 0.1) is 0 Å². The summed E-state index contributed by atoms with van der Waals surface area (Å²) < 4.78 is 3.45. The van der Waals surface area contributed by atoms with E-state index < -0.39 is 0 Å². The zero-order valence-electron chi connectivity index (χ0n) is 17.1. The predicted molar refractivity (Wildman–Crippen MR) is 113 cm³/mol. The van der Waals surface area contributed by atoms with E-state index in [2.05, 4.69) is 36.3 Å². The third-order valence-electron chi connectivity index (χ3n) is 5.63. The molecule has 0 unspecified atom stereocenters. The molecule has 0 aromatic carbocycles. The molecule has 0 atom stereocenters. The molecular weight excluding hydrogens is 368 g/mol. The Labute approximate surface area is 171 Å². The van der Waals surface area contributed by atoms with Crippen LogP contribution in [0.5, 0.6) is 0 Å². The summed E-state index contributed by atoms with van der Waals surface area (Å²) in [5.74, 6) is 2.89. The van der Waals surface area contributed by atoms with Crippen LogP contribution in [0.1, 0.15) is 25.1 Å². The number of hydrogen-bond acceptors (Lipinski definition) is 5. The summed E-state index contributed by atoms with van der Waals surface area (Å²) >= 11 is 0. The molecule has 29 heavy (non-hydrogen) atoms. The number of fused-ring (bicyclic) bond motifs is 1. The molecule has 4 rings (SSSR count). The third-order valence-corrected chi connectivity index (χ3v) is 5.63. The first-order valence-corrected chi connectivity index (χ1v) is 10.5. The van der Waals surface area contributed by atoms with Gasteiger partial charge in [-0.15, -0.1) is 0 Å². The van der Waals surface area contributed by atoms with Crippen molar-refractivity contribution in [3.63, 3.8) is 0 Å². The SMILES string of the molecule is CN=C(NCCCn1nc2n(c1=O)CCCC2)N1CCN(c2ccccn2)CC1. The topological polar surface area (TPSA) is 83.6 Å². The van der Waals surface area contributed by atoms with Crippen LogP contribution in [0.15, 0.2) is 34.2 Å². The molecule has 4 heterocycles. The summed E-state index contributed by atoms with van der Waals surface area (Å²) in [4.78, 5) is 25.8. The van der Waals surface area contributed by atoms with Gasteiger partial charge in [-0.2, -0.15) is 5.10 Å². The van der Waals surface area contributed by atoms with E-state index in [1.807, 2.05) is 29.9 Å². The molecule has 0 radical (unpaired) electrons. The normalized spacial score (nSPS) is 17.3. The Morgan fingerprint density at radius 1 is 1.17 bits per heavy atom. The zero-order valence-corrected chi connectivity index (χ0v) is 17.1. The second-order valence-corrected chi connectivity index (χ2v) is 7.52. The maximum Gasteiger partial charge on any atom is 0.345 e. The van der Waals surface area contributed by atoms with Crippen LogP contribution < -0.4 is 15.9 Å². The van der Waals surface area contributed by atoms with Gasteiger partial charge >= 0.3 is 5.69 Å². The minimum Gasteiger partial charge on any atom is -0.356 e. The van der Waals surface area contributed by atoms with Gasteiger partial charge in [0.15, 0.2) is 5.96 Å². The summed E-state index contributed by atoms with van der Waals surface area (Å²) in [7, 11) is 1.82. The Morgan fingerprint density at radius 2 is 2.03 bits per heavy atom. The lowest BCUT2D eigenvalue weighted by Gasteiger charge is -2.37. The summed E-state index contributed by atoms with van der Waals surface area (Å²) in [6, 6.07) is 6.02. The molecule has 0 amide bonds. The Kier molecular flexibility index (Phi) is 6.12. The molecule has 1 N–H and O–H groups in total. The van der Waals surface area contributed by atoms with Gasteiger partial charge in [-0.25, -0.2) is 14.5 Å². The molecule has 9 nitrogen and oxygen atoms in total. The molecule has 1 saturated heterocycles. The van der Waals surface area contributed by atoms with Gasteiger partial charge < -0.3 is 15.1 Å². The van der Waals surface area contributed by atoms with Crippen LogP contribution in [0.3, 0.4) is 0 Å². The lowest BCUT2D eigenvalue weighted by atomic mass is 10.2. The summed E-state index contributed by atoms with van der Waals surface area (Å²) in [6.07, 6.45) is 5.79. The molecule has 9 heteroatoms. The van der Waals surface area contributed by atoms with Crippen LogP contribution in [0.4, 0.5) is 5.82 Å². The molecule has 0 spiro atoms. The van der Waals surface area contributed by atoms with E-state index in [4.69, 9.17) is 0 Å². The summed E-state index contributed by atoms with van der Waals surface area (Å²) in [6.45, 7) is 5.87. The van der Waals surface area contributed by atoms with Crippen LogP contribution in [0.2, 0.25) is 0 Å². The second-order valence-electron chi connectivity index (χ2n) is 7.52. The molecule has 2 aliphatic rings. The molecule has 1 fully saturated rings. The summed E-state index contributed by atoms with van der Waals surface area (Å²) in [5, 5.41) is 7.94. The Bertz CT molecular complexity index is 880. The largest absolute Gasteiger partial charge is 0.356 e. The molecule has 0 aliphatic carbocycles. The van der Waals surface area contributed by atoms with Crippen LogP contribution in [0.25, 0.3) is 0 Å². The van der Waals surface area contributed by atoms with Crippen molar-refractivity contribution >= 4 is 11.8 Å². The van der Waals surface area contributed by atoms with Crippen molar-refractivity contribution in [2.24, 2.45) is 4.99 Å². The number of nitrogens with one attached hydrogen (secondary N) is 1. The van der Waals surface area contributed by atoms with Gasteiger partial charge in [-0.3, -0.25) is 9.56 Å². The summed E-state index contributed by atoms with van der Waals surface area (Å²) in [5.41, 5.74) is 0.0368. The average Bonchev–Trinajstić information content (AvgIpc) is 3.10. The first-order valence-electron chi connectivity index (χ1n) is 10.5. The van der Waals surface area contributed by atoms with Gasteiger partial charge in [0.2, 0.25) is 0 Å². The fourth-order valence-electron chi connectivity index (χ4n) is 4.04. The lowest BCUT2D eigenvalue weighted by Crippen LogP contribution is -2.52. The van der Waals surface area contributed by atoms with Crippen molar-refractivity contribution in [2.75, 3.05) is 44.7 Å². The Balaban J connectivity index is 1.23. The first kappa shape index (κ1) is 19.5. The highest BCUT2D eigenvalue weighted by atomic mass is 16.2. The van der Waals surface area contributed by atoms with E-state index in [-0.39, 0.29) is 5.69 Å².